The molecule has 1 aromatic heterocycles. The van der Waals surface area contributed by atoms with Crippen molar-refractivity contribution in [2.75, 3.05) is 7.11 Å². The van der Waals surface area contributed by atoms with Crippen molar-refractivity contribution in [3.8, 4) is 5.75 Å². The summed E-state index contributed by atoms with van der Waals surface area (Å²) in [5.74, 6) is -0.469. The van der Waals surface area contributed by atoms with E-state index in [2.05, 4.69) is 5.10 Å². The van der Waals surface area contributed by atoms with Crippen LogP contribution in [0.15, 0.2) is 36.5 Å². The Bertz CT molecular complexity index is 607. The summed E-state index contributed by atoms with van der Waals surface area (Å²) in [6.45, 7) is 0. The minimum atomic E-state index is -0.775. The Labute approximate surface area is 124 Å². The number of benzene rings is 1. The number of methoxy groups -OCH3 is 1. The van der Waals surface area contributed by atoms with Gasteiger partial charge >= 0.3 is 5.97 Å². The molecule has 1 heterocycles. The topological polar surface area (TPSA) is 64.4 Å². The second kappa shape index (κ2) is 6.92. The molecule has 0 saturated heterocycles. The number of carbonyl (C=O) groups is 1. The van der Waals surface area contributed by atoms with E-state index in [4.69, 9.17) is 4.74 Å². The van der Waals surface area contributed by atoms with Crippen molar-refractivity contribution in [1.29, 1.82) is 0 Å². The number of ether oxygens (including phenoxy) is 1. The molecule has 1 atom stereocenters. The number of carboxylic acid groups (broad SMARTS) is 1. The minimum absolute atomic E-state index is 0.434. The number of hydrogen-bond donors (Lipinski definition) is 1. The van der Waals surface area contributed by atoms with E-state index in [1.165, 1.54) is 0 Å². The molecule has 0 fully saturated rings. The molecule has 0 aliphatic heterocycles. The van der Waals surface area contributed by atoms with Gasteiger partial charge in [-0.25, -0.2) is 0 Å². The molecular formula is C16H20N2O3. The average molecular weight is 288 g/mol. The van der Waals surface area contributed by atoms with Crippen LogP contribution < -0.4 is 4.74 Å². The zero-order valence-corrected chi connectivity index (χ0v) is 12.3. The van der Waals surface area contributed by atoms with Crippen LogP contribution in [0.3, 0.4) is 0 Å². The van der Waals surface area contributed by atoms with Gasteiger partial charge in [0.2, 0.25) is 0 Å². The molecule has 1 unspecified atom stereocenters. The maximum absolute atomic E-state index is 11.5. The number of para-hydroxylation sites is 1. The Morgan fingerprint density at radius 2 is 2.14 bits per heavy atom. The third-order valence-corrected chi connectivity index (χ3v) is 3.68. The second-order valence-corrected chi connectivity index (χ2v) is 5.04. The molecule has 0 bridgehead atoms. The molecule has 0 aliphatic rings. The van der Waals surface area contributed by atoms with Gasteiger partial charge < -0.3 is 9.84 Å². The summed E-state index contributed by atoms with van der Waals surface area (Å²) in [5, 5.41) is 13.5. The highest BCUT2D eigenvalue weighted by atomic mass is 16.5. The third kappa shape index (κ3) is 3.84. The zero-order valence-electron chi connectivity index (χ0n) is 12.3. The van der Waals surface area contributed by atoms with Crippen LogP contribution in [0, 0.1) is 5.92 Å². The van der Waals surface area contributed by atoms with E-state index in [1.807, 2.05) is 37.4 Å². The van der Waals surface area contributed by atoms with E-state index < -0.39 is 11.9 Å². The Balaban J connectivity index is 2.05. The minimum Gasteiger partial charge on any atom is -0.496 e. The molecule has 0 aliphatic carbocycles. The summed E-state index contributed by atoms with van der Waals surface area (Å²) >= 11 is 0. The van der Waals surface area contributed by atoms with Crippen LogP contribution in [0.5, 0.6) is 5.75 Å². The van der Waals surface area contributed by atoms with Crippen molar-refractivity contribution >= 4 is 5.97 Å². The summed E-state index contributed by atoms with van der Waals surface area (Å²) in [6.07, 6.45) is 3.47. The highest BCUT2D eigenvalue weighted by molar-refractivity contribution is 5.70. The van der Waals surface area contributed by atoms with E-state index in [0.717, 1.165) is 17.0 Å². The number of aromatic nitrogens is 2. The van der Waals surface area contributed by atoms with Gasteiger partial charge in [-0.1, -0.05) is 18.2 Å². The maximum atomic E-state index is 11.5. The lowest BCUT2D eigenvalue weighted by molar-refractivity contribution is -0.141. The summed E-state index contributed by atoms with van der Waals surface area (Å²) in [7, 11) is 3.47. The van der Waals surface area contributed by atoms with Gasteiger partial charge in [0, 0.05) is 18.9 Å². The van der Waals surface area contributed by atoms with Crippen molar-refractivity contribution in [3.05, 3.63) is 47.8 Å². The SMILES string of the molecule is COc1ccccc1CC(CCc1ccnn1C)C(=O)O. The average Bonchev–Trinajstić information content (AvgIpc) is 2.89. The zero-order chi connectivity index (χ0) is 15.2. The lowest BCUT2D eigenvalue weighted by Crippen LogP contribution is -2.18. The maximum Gasteiger partial charge on any atom is 0.306 e. The van der Waals surface area contributed by atoms with Crippen LogP contribution in [0.25, 0.3) is 0 Å². The second-order valence-electron chi connectivity index (χ2n) is 5.04. The summed E-state index contributed by atoms with van der Waals surface area (Å²) in [6, 6.07) is 9.47. The Kier molecular flexibility index (Phi) is 4.98. The molecule has 1 N–H and O–H groups in total. The summed E-state index contributed by atoms with van der Waals surface area (Å²) in [4.78, 5) is 11.5. The molecule has 2 rings (SSSR count). The van der Waals surface area contributed by atoms with Gasteiger partial charge in [0.15, 0.2) is 0 Å². The molecular weight excluding hydrogens is 268 g/mol. The molecule has 2 aromatic rings. The molecule has 112 valence electrons. The smallest absolute Gasteiger partial charge is 0.306 e. The summed E-state index contributed by atoms with van der Waals surface area (Å²) in [5.41, 5.74) is 1.97. The molecule has 5 nitrogen and oxygen atoms in total. The highest BCUT2D eigenvalue weighted by Gasteiger charge is 2.20. The fraction of sp³-hybridized carbons (Fsp3) is 0.375. The van der Waals surface area contributed by atoms with Gasteiger partial charge in [-0.15, -0.1) is 0 Å². The Morgan fingerprint density at radius 1 is 1.38 bits per heavy atom. The number of aryl methyl sites for hydroxylation is 2. The van der Waals surface area contributed by atoms with E-state index in [0.29, 0.717) is 19.3 Å². The number of aliphatic carboxylic acids is 1. The van der Waals surface area contributed by atoms with Crippen LogP contribution in [-0.2, 0) is 24.7 Å². The molecule has 21 heavy (non-hydrogen) atoms. The monoisotopic (exact) mass is 288 g/mol. The van der Waals surface area contributed by atoms with Crippen LogP contribution in [0.1, 0.15) is 17.7 Å². The first-order valence-corrected chi connectivity index (χ1v) is 6.93. The standard InChI is InChI=1S/C16H20N2O3/c1-18-14(9-10-17-18)8-7-13(16(19)20)11-12-5-3-4-6-15(12)21-2/h3-6,9-10,13H,7-8,11H2,1-2H3,(H,19,20). The first-order valence-electron chi connectivity index (χ1n) is 6.93. The highest BCUT2D eigenvalue weighted by Crippen LogP contribution is 2.23. The number of hydrogen-bond acceptors (Lipinski definition) is 3. The van der Waals surface area contributed by atoms with E-state index >= 15 is 0 Å². The van der Waals surface area contributed by atoms with Gasteiger partial charge in [0.05, 0.1) is 13.0 Å². The predicted molar refractivity (Wildman–Crippen MR) is 79.4 cm³/mol. The molecule has 1 aromatic carbocycles. The van der Waals surface area contributed by atoms with Crippen molar-refractivity contribution in [1.82, 2.24) is 9.78 Å². The van der Waals surface area contributed by atoms with Crippen molar-refractivity contribution in [2.45, 2.75) is 19.3 Å². The van der Waals surface area contributed by atoms with E-state index in [1.54, 1.807) is 18.0 Å². The number of rotatable bonds is 7. The Hall–Kier alpha value is -2.30. The first-order chi connectivity index (χ1) is 10.1. The van der Waals surface area contributed by atoms with Crippen LogP contribution in [0.4, 0.5) is 0 Å². The van der Waals surface area contributed by atoms with Gasteiger partial charge in [0.25, 0.3) is 0 Å². The lowest BCUT2D eigenvalue weighted by Gasteiger charge is -2.14. The molecule has 0 amide bonds. The van der Waals surface area contributed by atoms with Gasteiger partial charge in [-0.05, 0) is 37.0 Å². The summed E-state index contributed by atoms with van der Waals surface area (Å²) < 4.78 is 7.07. The van der Waals surface area contributed by atoms with E-state index in [-0.39, 0.29) is 0 Å². The van der Waals surface area contributed by atoms with Gasteiger partial charge in [-0.2, -0.15) is 5.10 Å². The normalized spacial score (nSPS) is 12.1. The molecule has 0 saturated carbocycles. The predicted octanol–water partition coefficient (Wildman–Crippen LogP) is 2.30. The largest absolute Gasteiger partial charge is 0.496 e. The van der Waals surface area contributed by atoms with Gasteiger partial charge in [-0.3, -0.25) is 9.48 Å². The van der Waals surface area contributed by atoms with Crippen molar-refractivity contribution < 1.29 is 14.6 Å². The fourth-order valence-corrected chi connectivity index (χ4v) is 2.42. The third-order valence-electron chi connectivity index (χ3n) is 3.68. The number of nitrogens with zero attached hydrogens (tertiary/aromatic N) is 2. The van der Waals surface area contributed by atoms with Crippen LogP contribution in [-0.4, -0.2) is 28.0 Å². The first kappa shape index (κ1) is 15.1. The van der Waals surface area contributed by atoms with Crippen LogP contribution >= 0.6 is 0 Å². The van der Waals surface area contributed by atoms with Crippen LogP contribution in [0.2, 0.25) is 0 Å². The molecule has 0 radical (unpaired) electrons. The van der Waals surface area contributed by atoms with Crippen molar-refractivity contribution in [3.63, 3.8) is 0 Å². The van der Waals surface area contributed by atoms with Gasteiger partial charge in [0.1, 0.15) is 5.75 Å². The number of carboxylic acids is 1. The molecule has 0 spiro atoms. The fourth-order valence-electron chi connectivity index (χ4n) is 2.42. The van der Waals surface area contributed by atoms with E-state index in [9.17, 15) is 9.90 Å². The molecule has 5 heteroatoms. The Morgan fingerprint density at radius 3 is 2.76 bits per heavy atom. The van der Waals surface area contributed by atoms with Crippen molar-refractivity contribution in [2.24, 2.45) is 13.0 Å². The lowest BCUT2D eigenvalue weighted by atomic mass is 9.93. The quantitative estimate of drug-likeness (QED) is 0.849.